The van der Waals surface area contributed by atoms with Crippen molar-refractivity contribution in [1.29, 1.82) is 0 Å². The second-order valence-electron chi connectivity index (χ2n) is 17.4. The van der Waals surface area contributed by atoms with Crippen molar-refractivity contribution in [3.05, 3.63) is 41.6 Å². The van der Waals surface area contributed by atoms with Crippen LogP contribution < -0.4 is 24.8 Å². The summed E-state index contributed by atoms with van der Waals surface area (Å²) in [5.74, 6) is -1.09. The standard InChI is InChI=1S/C42H56N6O10S/c1-3-31-35-29(30-23-28(11-12-32(30)43-31)57-22-19-47-17-20-56-21-18-47)13-14-41(58-35)25-34-36(49)45-42(38(51)46-59(54,55)40(2)15-16-40)24-27(42)9-7-5-4-6-8-10-33(44-39(52)53)37(50)48(34)26-41/h7,9,11-12,23,27,33-34,44H,3-6,8,10,13-22,24-26H2,1-2H3,(H,45,49)(H,46,51)(H,52,53)/t27-,33+,34+,41-,42-/m1/s1. The summed E-state index contributed by atoms with van der Waals surface area (Å²) in [5, 5.41) is 16.0. The van der Waals surface area contributed by atoms with E-state index in [9.17, 15) is 32.7 Å². The highest BCUT2D eigenvalue weighted by atomic mass is 32.2. The molecular weight excluding hydrogens is 781 g/mol. The molecule has 2 saturated carbocycles. The van der Waals surface area contributed by atoms with Crippen LogP contribution in [0.2, 0.25) is 0 Å². The number of rotatable bonds is 9. The number of fused-ring (bicyclic) bond motifs is 5. The van der Waals surface area contributed by atoms with Crippen LogP contribution in [0.5, 0.6) is 11.5 Å². The van der Waals surface area contributed by atoms with Crippen molar-refractivity contribution in [2.24, 2.45) is 5.92 Å². The summed E-state index contributed by atoms with van der Waals surface area (Å²) in [4.78, 5) is 63.8. The van der Waals surface area contributed by atoms with E-state index in [4.69, 9.17) is 19.2 Å². The fourth-order valence-corrected chi connectivity index (χ4v) is 10.5. The minimum Gasteiger partial charge on any atom is -0.492 e. The van der Waals surface area contributed by atoms with Crippen LogP contribution in [0, 0.1) is 5.92 Å². The molecule has 0 unspecified atom stereocenters. The van der Waals surface area contributed by atoms with Crippen LogP contribution in [0.15, 0.2) is 30.4 Å². The van der Waals surface area contributed by atoms with Gasteiger partial charge in [-0.3, -0.25) is 24.0 Å². The number of ether oxygens (including phenoxy) is 3. The molecule has 17 heteroatoms. The molecule has 0 radical (unpaired) electrons. The molecule has 2 aliphatic carbocycles. The van der Waals surface area contributed by atoms with Gasteiger partial charge in [0.1, 0.15) is 41.3 Å². The van der Waals surface area contributed by atoms with Gasteiger partial charge in [-0.2, -0.15) is 0 Å². The number of benzene rings is 1. The lowest BCUT2D eigenvalue weighted by Gasteiger charge is -2.37. The number of morpholine rings is 1. The van der Waals surface area contributed by atoms with Crippen molar-refractivity contribution in [2.45, 2.75) is 119 Å². The predicted molar refractivity (Wildman–Crippen MR) is 217 cm³/mol. The quantitative estimate of drug-likeness (QED) is 0.269. The van der Waals surface area contributed by atoms with Crippen molar-refractivity contribution in [1.82, 2.24) is 30.1 Å². The van der Waals surface area contributed by atoms with Crippen LogP contribution in [0.4, 0.5) is 4.79 Å². The third-order valence-electron chi connectivity index (χ3n) is 13.3. The molecule has 5 heterocycles. The number of carboxylic acid groups (broad SMARTS) is 1. The van der Waals surface area contributed by atoms with Gasteiger partial charge in [0.15, 0.2) is 0 Å². The van der Waals surface area contributed by atoms with E-state index in [1.54, 1.807) is 6.92 Å². The number of carbonyl (C=O) groups is 4. The number of amides is 4. The van der Waals surface area contributed by atoms with Crippen molar-refractivity contribution in [2.75, 3.05) is 46.0 Å². The van der Waals surface area contributed by atoms with E-state index in [-0.39, 0.29) is 25.8 Å². The van der Waals surface area contributed by atoms with Crippen LogP contribution in [0.3, 0.4) is 0 Å². The van der Waals surface area contributed by atoms with Crippen LogP contribution >= 0.6 is 0 Å². The maximum Gasteiger partial charge on any atom is 0.405 e. The van der Waals surface area contributed by atoms with E-state index >= 15 is 0 Å². The Hall–Kier alpha value is -4.48. The Labute approximate surface area is 344 Å². The first-order valence-corrected chi connectivity index (χ1v) is 22.7. The highest BCUT2D eigenvalue weighted by Gasteiger charge is 2.64. The number of pyridine rings is 1. The number of hydrogen-bond donors (Lipinski definition) is 4. The third-order valence-corrected chi connectivity index (χ3v) is 15.4. The lowest BCUT2D eigenvalue weighted by molar-refractivity contribution is -0.141. The van der Waals surface area contributed by atoms with Crippen molar-refractivity contribution in [3.8, 4) is 11.5 Å². The van der Waals surface area contributed by atoms with Crippen LogP contribution in [-0.2, 0) is 42.0 Å². The number of hydrogen-bond acceptors (Lipinski definition) is 11. The summed E-state index contributed by atoms with van der Waals surface area (Å²) in [6.07, 6.45) is 8.16. The summed E-state index contributed by atoms with van der Waals surface area (Å²) in [5.41, 5.74) is -0.0404. The molecule has 1 aromatic heterocycles. The molecular formula is C42H56N6O10S. The number of carbonyl (C=O) groups excluding carboxylic acids is 3. The van der Waals surface area contributed by atoms with Crippen molar-refractivity contribution >= 4 is 44.7 Å². The van der Waals surface area contributed by atoms with Gasteiger partial charge in [0.25, 0.3) is 5.91 Å². The van der Waals surface area contributed by atoms with Crippen molar-refractivity contribution in [3.63, 3.8) is 0 Å². The van der Waals surface area contributed by atoms with Crippen molar-refractivity contribution < 1.29 is 46.9 Å². The SMILES string of the molecule is CCc1nc2ccc(OCCN3CCOCC3)cc2c2c1O[C@]1(CC2)C[C@H]2C(=O)N[C@]3(C(=O)NS(=O)(=O)C4(C)CC4)C[C@H]3C=CCCCCC[C@H](NC(=O)O)C(=O)N2C1. The van der Waals surface area contributed by atoms with Gasteiger partial charge in [-0.1, -0.05) is 31.9 Å². The Morgan fingerprint density at radius 3 is 2.64 bits per heavy atom. The highest BCUT2D eigenvalue weighted by molar-refractivity contribution is 7.91. The lowest BCUT2D eigenvalue weighted by Crippen LogP contribution is -2.58. The number of aromatic nitrogens is 1. The maximum atomic E-state index is 14.6. The Balaban J connectivity index is 1.09. The molecule has 2 saturated heterocycles. The molecule has 4 amide bonds. The molecule has 1 spiro atoms. The number of sulfonamides is 1. The van der Waals surface area contributed by atoms with Gasteiger partial charge in [0, 0.05) is 42.9 Å². The highest BCUT2D eigenvalue weighted by Crippen LogP contribution is 2.49. The number of allylic oxidation sites excluding steroid dienone is 1. The number of aryl methyl sites for hydroxylation is 2. The molecule has 4 aliphatic heterocycles. The van der Waals surface area contributed by atoms with Gasteiger partial charge in [0.05, 0.1) is 35.7 Å². The lowest BCUT2D eigenvalue weighted by atomic mass is 9.87. The molecule has 1 aromatic carbocycles. The molecule has 4 N–H and O–H groups in total. The zero-order valence-electron chi connectivity index (χ0n) is 33.9. The minimum atomic E-state index is -4.00. The predicted octanol–water partition coefficient (Wildman–Crippen LogP) is 3.20. The van der Waals surface area contributed by atoms with E-state index in [1.807, 2.05) is 37.3 Å². The topological polar surface area (TPSA) is 206 Å². The van der Waals surface area contributed by atoms with Gasteiger partial charge in [-0.15, -0.1) is 0 Å². The number of nitrogens with one attached hydrogen (secondary N) is 3. The molecule has 5 atom stereocenters. The Kier molecular flexibility index (Phi) is 11.3. The molecule has 6 aliphatic rings. The van der Waals surface area contributed by atoms with Crippen LogP contribution in [-0.4, -0.2) is 126 Å². The van der Waals surface area contributed by atoms with E-state index < -0.39 is 67.7 Å². The van der Waals surface area contributed by atoms with Crippen LogP contribution in [0.25, 0.3) is 10.9 Å². The smallest absolute Gasteiger partial charge is 0.405 e. The second kappa shape index (κ2) is 16.2. The zero-order valence-corrected chi connectivity index (χ0v) is 34.7. The summed E-state index contributed by atoms with van der Waals surface area (Å²) in [7, 11) is -4.00. The third kappa shape index (κ3) is 8.34. The Morgan fingerprint density at radius 1 is 1.10 bits per heavy atom. The monoisotopic (exact) mass is 836 g/mol. The summed E-state index contributed by atoms with van der Waals surface area (Å²) >= 11 is 0. The van der Waals surface area contributed by atoms with Crippen LogP contribution in [0.1, 0.15) is 89.3 Å². The van der Waals surface area contributed by atoms with Gasteiger partial charge >= 0.3 is 6.09 Å². The molecule has 4 fully saturated rings. The second-order valence-corrected chi connectivity index (χ2v) is 19.6. The fourth-order valence-electron chi connectivity index (χ4n) is 9.17. The minimum absolute atomic E-state index is 0.00228. The first kappa shape index (κ1) is 41.3. The molecule has 0 bridgehead atoms. The van der Waals surface area contributed by atoms with E-state index in [1.165, 1.54) is 4.90 Å². The van der Waals surface area contributed by atoms with Gasteiger partial charge in [-0.25, -0.2) is 18.2 Å². The number of nitrogens with zero attached hydrogens (tertiary/aromatic N) is 3. The molecule has 8 rings (SSSR count). The largest absolute Gasteiger partial charge is 0.492 e. The zero-order chi connectivity index (χ0) is 41.6. The van der Waals surface area contributed by atoms with E-state index in [0.717, 1.165) is 60.4 Å². The normalized spacial score (nSPS) is 29.5. The Morgan fingerprint density at radius 2 is 1.90 bits per heavy atom. The van der Waals surface area contributed by atoms with E-state index in [2.05, 4.69) is 20.3 Å². The average Bonchev–Trinajstić information content (AvgIpc) is 4.11. The first-order chi connectivity index (χ1) is 28.3. The summed E-state index contributed by atoms with van der Waals surface area (Å²) < 4.78 is 46.3. The first-order valence-electron chi connectivity index (χ1n) is 21.2. The molecule has 59 heavy (non-hydrogen) atoms. The molecule has 16 nitrogen and oxygen atoms in total. The summed E-state index contributed by atoms with van der Waals surface area (Å²) in [6.45, 7) is 8.07. The average molecular weight is 837 g/mol. The van der Waals surface area contributed by atoms with Gasteiger partial charge in [-0.05, 0) is 82.9 Å². The molecule has 2 aromatic rings. The molecule has 320 valence electrons. The summed E-state index contributed by atoms with van der Waals surface area (Å²) in [6, 6.07) is 3.63. The van der Waals surface area contributed by atoms with Gasteiger partial charge in [0.2, 0.25) is 21.8 Å². The maximum absolute atomic E-state index is 14.6. The van der Waals surface area contributed by atoms with Gasteiger partial charge < -0.3 is 34.9 Å². The van der Waals surface area contributed by atoms with E-state index in [0.29, 0.717) is 70.5 Å². The fraction of sp³-hybridized carbons (Fsp3) is 0.643. The Bertz CT molecular complexity index is 2140.